The molecule has 0 N–H and O–H groups in total. The molecule has 17 heavy (non-hydrogen) atoms. The van der Waals surface area contributed by atoms with Crippen LogP contribution in [0.25, 0.3) is 0 Å². The molecule has 0 unspecified atom stereocenters. The summed E-state index contributed by atoms with van der Waals surface area (Å²) < 4.78 is 5.47. The van der Waals surface area contributed by atoms with Crippen LogP contribution in [-0.4, -0.2) is 11.3 Å². The molecule has 1 heterocycles. The van der Waals surface area contributed by atoms with E-state index in [1.54, 1.807) is 12.1 Å². The van der Waals surface area contributed by atoms with E-state index in [1.807, 2.05) is 31.2 Å². The lowest BCUT2D eigenvalue weighted by Crippen LogP contribution is -1.87. The van der Waals surface area contributed by atoms with Gasteiger partial charge in [-0.3, -0.25) is 4.79 Å². The second-order valence-corrected chi connectivity index (χ2v) is 4.32. The fraction of sp³-hybridized carbons (Fsp3) is 0.0769. The van der Waals surface area contributed by atoms with Crippen LogP contribution in [0.5, 0.6) is 5.75 Å². The number of carbonyl (C=O) groups excluding carboxylic acids is 1. The first-order valence-corrected chi connectivity index (χ1v) is 5.84. The van der Waals surface area contributed by atoms with Crippen LogP contribution in [0.1, 0.15) is 16.1 Å². The van der Waals surface area contributed by atoms with Crippen LogP contribution in [0.2, 0.25) is 0 Å². The van der Waals surface area contributed by atoms with Gasteiger partial charge in [0.15, 0.2) is 12.0 Å². The molecule has 0 atom stereocenters. The summed E-state index contributed by atoms with van der Waals surface area (Å²) in [7, 11) is 0. The van der Waals surface area contributed by atoms with Gasteiger partial charge >= 0.3 is 0 Å². The van der Waals surface area contributed by atoms with E-state index in [0.717, 1.165) is 4.90 Å². The molecule has 1 aromatic carbocycles. The third kappa shape index (κ3) is 3.32. The van der Waals surface area contributed by atoms with Gasteiger partial charge in [0.05, 0.1) is 18.2 Å². The van der Waals surface area contributed by atoms with Gasteiger partial charge in [-0.1, -0.05) is 17.7 Å². The van der Waals surface area contributed by atoms with Crippen LogP contribution in [0.4, 0.5) is 0 Å². The van der Waals surface area contributed by atoms with Crippen LogP contribution in [0.3, 0.4) is 0 Å². The van der Waals surface area contributed by atoms with Crippen molar-refractivity contribution in [2.75, 3.05) is 0 Å². The Morgan fingerprint density at radius 2 is 1.94 bits per heavy atom. The Morgan fingerprint density at radius 1 is 1.18 bits per heavy atom. The third-order valence-corrected chi connectivity index (χ3v) is 2.88. The SMILES string of the molecule is Cc1ccc(SOc2ccc(C=O)nc2)cc1. The quantitative estimate of drug-likeness (QED) is 0.612. The summed E-state index contributed by atoms with van der Waals surface area (Å²) in [5.41, 5.74) is 1.61. The molecule has 0 fully saturated rings. The number of carbonyl (C=O) groups is 1. The van der Waals surface area contributed by atoms with Crippen LogP contribution >= 0.6 is 12.0 Å². The van der Waals surface area contributed by atoms with Crippen molar-refractivity contribution >= 4 is 18.3 Å². The summed E-state index contributed by atoms with van der Waals surface area (Å²) in [6, 6.07) is 11.4. The molecule has 2 aromatic rings. The van der Waals surface area contributed by atoms with Gasteiger partial charge in [-0.25, -0.2) is 4.98 Å². The standard InChI is InChI=1S/C13H11NO2S/c1-10-2-6-13(7-3-10)17-16-12-5-4-11(9-15)14-8-12/h2-9H,1H3. The maximum Gasteiger partial charge on any atom is 0.168 e. The molecule has 86 valence electrons. The Hall–Kier alpha value is -1.81. The van der Waals surface area contributed by atoms with Crippen LogP contribution < -0.4 is 4.18 Å². The maximum atomic E-state index is 10.4. The average molecular weight is 245 g/mol. The van der Waals surface area contributed by atoms with E-state index in [2.05, 4.69) is 4.98 Å². The molecule has 1 aromatic heterocycles. The number of rotatable bonds is 4. The molecule has 0 aliphatic rings. The van der Waals surface area contributed by atoms with Gasteiger partial charge in [0.25, 0.3) is 0 Å². The highest BCUT2D eigenvalue weighted by molar-refractivity contribution is 7.95. The monoisotopic (exact) mass is 245 g/mol. The topological polar surface area (TPSA) is 39.2 Å². The molecule has 0 aliphatic heterocycles. The second kappa shape index (κ2) is 5.50. The van der Waals surface area contributed by atoms with Crippen molar-refractivity contribution in [2.24, 2.45) is 0 Å². The Balaban J connectivity index is 1.97. The molecular weight excluding hydrogens is 234 g/mol. The summed E-state index contributed by atoms with van der Waals surface area (Å²) in [5.74, 6) is 0.626. The lowest BCUT2D eigenvalue weighted by atomic mass is 10.2. The van der Waals surface area contributed by atoms with Crippen molar-refractivity contribution in [2.45, 2.75) is 11.8 Å². The van der Waals surface area contributed by atoms with E-state index in [1.165, 1.54) is 23.8 Å². The van der Waals surface area contributed by atoms with Gasteiger partial charge in [0, 0.05) is 4.90 Å². The Labute approximate surface area is 104 Å². The molecule has 0 saturated carbocycles. The molecular formula is C13H11NO2S. The van der Waals surface area contributed by atoms with Crippen LogP contribution in [-0.2, 0) is 0 Å². The van der Waals surface area contributed by atoms with Gasteiger partial charge in [0.2, 0.25) is 0 Å². The molecule has 0 spiro atoms. The smallest absolute Gasteiger partial charge is 0.168 e. The van der Waals surface area contributed by atoms with Crippen molar-refractivity contribution in [3.05, 3.63) is 53.9 Å². The number of aldehydes is 1. The zero-order chi connectivity index (χ0) is 12.1. The van der Waals surface area contributed by atoms with Crippen molar-refractivity contribution < 1.29 is 8.98 Å². The normalized spacial score (nSPS) is 9.94. The van der Waals surface area contributed by atoms with Crippen molar-refractivity contribution in [3.8, 4) is 5.75 Å². The van der Waals surface area contributed by atoms with Gasteiger partial charge in [-0.2, -0.15) is 0 Å². The molecule has 3 nitrogen and oxygen atoms in total. The Morgan fingerprint density at radius 3 is 2.53 bits per heavy atom. The van der Waals surface area contributed by atoms with E-state index in [0.29, 0.717) is 17.7 Å². The van der Waals surface area contributed by atoms with Crippen molar-refractivity contribution in [1.82, 2.24) is 4.98 Å². The number of nitrogens with zero attached hydrogens (tertiary/aromatic N) is 1. The lowest BCUT2D eigenvalue weighted by molar-refractivity contribution is 0.111. The summed E-state index contributed by atoms with van der Waals surface area (Å²) in [5, 5.41) is 0. The highest BCUT2D eigenvalue weighted by atomic mass is 32.2. The predicted octanol–water partition coefficient (Wildman–Crippen LogP) is 3.29. The Kier molecular flexibility index (Phi) is 3.77. The van der Waals surface area contributed by atoms with Crippen LogP contribution in [0, 0.1) is 6.92 Å². The number of aromatic nitrogens is 1. The highest BCUT2D eigenvalue weighted by Crippen LogP contribution is 2.22. The minimum Gasteiger partial charge on any atom is -0.419 e. The first kappa shape index (κ1) is 11.7. The van der Waals surface area contributed by atoms with Crippen molar-refractivity contribution in [1.29, 1.82) is 0 Å². The number of aryl methyl sites for hydroxylation is 1. The first-order chi connectivity index (χ1) is 8.28. The van der Waals surface area contributed by atoms with Crippen LogP contribution in [0.15, 0.2) is 47.5 Å². The fourth-order valence-electron chi connectivity index (χ4n) is 1.20. The van der Waals surface area contributed by atoms with Gasteiger partial charge in [-0.05, 0) is 31.2 Å². The number of hydrogen-bond acceptors (Lipinski definition) is 4. The first-order valence-electron chi connectivity index (χ1n) is 5.10. The zero-order valence-corrected chi connectivity index (χ0v) is 10.1. The second-order valence-electron chi connectivity index (χ2n) is 3.52. The van der Waals surface area contributed by atoms with E-state index >= 15 is 0 Å². The van der Waals surface area contributed by atoms with Gasteiger partial charge in [-0.15, -0.1) is 0 Å². The molecule has 2 rings (SSSR count). The van der Waals surface area contributed by atoms with E-state index in [-0.39, 0.29) is 0 Å². The Bertz CT molecular complexity index is 494. The van der Waals surface area contributed by atoms with E-state index in [4.69, 9.17) is 4.18 Å². The van der Waals surface area contributed by atoms with Crippen molar-refractivity contribution in [3.63, 3.8) is 0 Å². The van der Waals surface area contributed by atoms with E-state index < -0.39 is 0 Å². The zero-order valence-electron chi connectivity index (χ0n) is 9.29. The predicted molar refractivity (Wildman–Crippen MR) is 67.3 cm³/mol. The summed E-state index contributed by atoms with van der Waals surface area (Å²) in [4.78, 5) is 15.4. The summed E-state index contributed by atoms with van der Waals surface area (Å²) in [6.07, 6.45) is 2.24. The minimum absolute atomic E-state index is 0.401. The fourth-order valence-corrected chi connectivity index (χ4v) is 1.74. The number of pyridine rings is 1. The van der Waals surface area contributed by atoms with E-state index in [9.17, 15) is 4.79 Å². The molecule has 4 heteroatoms. The van der Waals surface area contributed by atoms with Gasteiger partial charge < -0.3 is 4.18 Å². The lowest BCUT2D eigenvalue weighted by Gasteiger charge is -2.03. The highest BCUT2D eigenvalue weighted by Gasteiger charge is 1.99. The number of benzene rings is 1. The number of hydrogen-bond donors (Lipinski definition) is 0. The molecule has 0 aliphatic carbocycles. The third-order valence-electron chi connectivity index (χ3n) is 2.14. The average Bonchev–Trinajstić information content (AvgIpc) is 2.39. The minimum atomic E-state index is 0.401. The van der Waals surface area contributed by atoms with Gasteiger partial charge in [0.1, 0.15) is 5.69 Å². The summed E-state index contributed by atoms with van der Waals surface area (Å²) in [6.45, 7) is 2.04. The summed E-state index contributed by atoms with van der Waals surface area (Å²) >= 11 is 1.27. The molecule has 0 radical (unpaired) electrons. The molecule has 0 bridgehead atoms. The maximum absolute atomic E-state index is 10.4. The largest absolute Gasteiger partial charge is 0.419 e. The molecule has 0 saturated heterocycles. The molecule has 0 amide bonds.